The van der Waals surface area contributed by atoms with Crippen LogP contribution < -0.4 is 11.1 Å². The normalized spacial score (nSPS) is 11.3. The van der Waals surface area contributed by atoms with Crippen molar-refractivity contribution in [3.63, 3.8) is 0 Å². The summed E-state index contributed by atoms with van der Waals surface area (Å²) < 4.78 is 0. The predicted octanol–water partition coefficient (Wildman–Crippen LogP) is 2.97. The lowest BCUT2D eigenvalue weighted by molar-refractivity contribution is -0.384. The Morgan fingerprint density at radius 2 is 1.96 bits per heavy atom. The van der Waals surface area contributed by atoms with Gasteiger partial charge in [-0.15, -0.1) is 11.3 Å². The molecule has 0 saturated carbocycles. The molecule has 128 valence electrons. The number of amides is 1. The van der Waals surface area contributed by atoms with Gasteiger partial charge in [-0.3, -0.25) is 14.9 Å². The van der Waals surface area contributed by atoms with Crippen LogP contribution in [0.25, 0.3) is 10.6 Å². The largest absolute Gasteiger partial charge is 0.349 e. The van der Waals surface area contributed by atoms with Gasteiger partial charge >= 0.3 is 0 Å². The maximum absolute atomic E-state index is 12.2. The number of nitrogens with two attached hydrogens (primary N) is 1. The van der Waals surface area contributed by atoms with E-state index in [1.165, 1.54) is 23.5 Å². The molecule has 1 amide bonds. The Balaban J connectivity index is 2.07. The van der Waals surface area contributed by atoms with Crippen molar-refractivity contribution < 1.29 is 9.72 Å². The number of nitro groups is 1. The average molecular weight is 348 g/mol. The van der Waals surface area contributed by atoms with Crippen molar-refractivity contribution in [2.24, 2.45) is 5.73 Å². The number of carbonyl (C=O) groups is 1. The molecule has 1 aromatic carbocycles. The molecule has 1 heterocycles. The zero-order chi connectivity index (χ0) is 17.7. The minimum Gasteiger partial charge on any atom is -0.349 e. The van der Waals surface area contributed by atoms with Gasteiger partial charge in [-0.1, -0.05) is 13.8 Å². The Labute approximate surface area is 144 Å². The zero-order valence-corrected chi connectivity index (χ0v) is 14.4. The van der Waals surface area contributed by atoms with E-state index in [1.807, 2.05) is 13.8 Å². The number of thiazole rings is 1. The number of nitro benzene ring substituents is 1. The third-order valence-electron chi connectivity index (χ3n) is 4.07. The highest BCUT2D eigenvalue weighted by molar-refractivity contribution is 7.13. The maximum atomic E-state index is 12.2. The highest BCUT2D eigenvalue weighted by Crippen LogP contribution is 2.25. The quantitative estimate of drug-likeness (QED) is 0.590. The number of nitrogens with one attached hydrogen (secondary N) is 1. The third kappa shape index (κ3) is 4.15. The molecule has 1 aromatic heterocycles. The summed E-state index contributed by atoms with van der Waals surface area (Å²) >= 11 is 1.32. The predicted molar refractivity (Wildman–Crippen MR) is 94.0 cm³/mol. The van der Waals surface area contributed by atoms with Gasteiger partial charge in [0.1, 0.15) is 10.7 Å². The van der Waals surface area contributed by atoms with Gasteiger partial charge in [0.15, 0.2) is 0 Å². The fourth-order valence-electron chi connectivity index (χ4n) is 2.08. The van der Waals surface area contributed by atoms with Crippen LogP contribution in [0, 0.1) is 10.1 Å². The average Bonchev–Trinajstić information content (AvgIpc) is 3.09. The van der Waals surface area contributed by atoms with Gasteiger partial charge in [0.05, 0.1) is 4.92 Å². The topological polar surface area (TPSA) is 111 Å². The number of non-ortho nitro benzene ring substituents is 1. The SMILES string of the molecule is CCC(N)(CC)CNC(=O)c1csc(-c2ccc([N+](=O)[O-])cc2)n1. The number of carbonyl (C=O) groups excluding carboxylic acids is 1. The van der Waals surface area contributed by atoms with E-state index in [4.69, 9.17) is 5.73 Å². The first-order chi connectivity index (χ1) is 11.4. The van der Waals surface area contributed by atoms with Crippen LogP contribution in [-0.4, -0.2) is 27.9 Å². The molecule has 0 aliphatic heterocycles. The highest BCUT2D eigenvalue weighted by Gasteiger charge is 2.22. The first kappa shape index (κ1) is 18.0. The number of aromatic nitrogens is 1. The summed E-state index contributed by atoms with van der Waals surface area (Å²) in [7, 11) is 0. The first-order valence-electron chi connectivity index (χ1n) is 7.66. The number of benzene rings is 1. The molecule has 2 rings (SSSR count). The van der Waals surface area contributed by atoms with E-state index in [9.17, 15) is 14.9 Å². The van der Waals surface area contributed by atoms with Gasteiger partial charge in [0.25, 0.3) is 11.6 Å². The van der Waals surface area contributed by atoms with Crippen molar-refractivity contribution in [2.45, 2.75) is 32.2 Å². The number of nitrogens with zero attached hydrogens (tertiary/aromatic N) is 2. The number of hydrogen-bond acceptors (Lipinski definition) is 6. The Morgan fingerprint density at radius 1 is 1.33 bits per heavy atom. The Kier molecular flexibility index (Phi) is 5.63. The van der Waals surface area contributed by atoms with Crippen molar-refractivity contribution >= 4 is 22.9 Å². The minimum atomic E-state index is -0.453. The van der Waals surface area contributed by atoms with E-state index in [0.29, 0.717) is 17.2 Å². The third-order valence-corrected chi connectivity index (χ3v) is 4.96. The fraction of sp³-hybridized carbons (Fsp3) is 0.375. The summed E-state index contributed by atoms with van der Waals surface area (Å²) in [6, 6.07) is 6.08. The van der Waals surface area contributed by atoms with Crippen LogP contribution in [-0.2, 0) is 0 Å². The molecule has 3 N–H and O–H groups in total. The van der Waals surface area contributed by atoms with Crippen LogP contribution >= 0.6 is 11.3 Å². The molecule has 24 heavy (non-hydrogen) atoms. The van der Waals surface area contributed by atoms with Crippen LogP contribution in [0.4, 0.5) is 5.69 Å². The summed E-state index contributed by atoms with van der Waals surface area (Å²) in [5.41, 5.74) is 6.84. The standard InChI is InChI=1S/C16H20N4O3S/c1-3-16(17,4-2)10-18-14(21)13-9-24-15(19-13)11-5-7-12(8-6-11)20(22)23/h5-9H,3-4,10,17H2,1-2H3,(H,18,21). The summed E-state index contributed by atoms with van der Waals surface area (Å²) in [5.74, 6) is -0.267. The van der Waals surface area contributed by atoms with Crippen molar-refractivity contribution in [2.75, 3.05) is 6.54 Å². The molecule has 0 radical (unpaired) electrons. The second-order valence-electron chi connectivity index (χ2n) is 5.59. The van der Waals surface area contributed by atoms with Gasteiger partial charge in [-0.25, -0.2) is 4.98 Å². The number of hydrogen-bond donors (Lipinski definition) is 2. The van der Waals surface area contributed by atoms with E-state index < -0.39 is 10.5 Å². The van der Waals surface area contributed by atoms with Crippen LogP contribution in [0.3, 0.4) is 0 Å². The molecule has 0 unspecified atom stereocenters. The van der Waals surface area contributed by atoms with E-state index in [2.05, 4.69) is 10.3 Å². The van der Waals surface area contributed by atoms with Crippen molar-refractivity contribution in [1.82, 2.24) is 10.3 Å². The van der Waals surface area contributed by atoms with Gasteiger partial charge < -0.3 is 11.1 Å². The second-order valence-corrected chi connectivity index (χ2v) is 6.45. The Morgan fingerprint density at radius 3 is 2.50 bits per heavy atom. The minimum absolute atomic E-state index is 0.0201. The lowest BCUT2D eigenvalue weighted by Crippen LogP contribution is -2.49. The summed E-state index contributed by atoms with van der Waals surface area (Å²) in [6.45, 7) is 4.37. The molecule has 0 fully saturated rings. The Bertz CT molecular complexity index is 723. The number of rotatable bonds is 7. The van der Waals surface area contributed by atoms with Gasteiger partial charge in [0.2, 0.25) is 0 Å². The molecule has 0 atom stereocenters. The lowest BCUT2D eigenvalue weighted by atomic mass is 9.94. The molecular weight excluding hydrogens is 328 g/mol. The van der Waals surface area contributed by atoms with Gasteiger partial charge in [0, 0.05) is 35.2 Å². The molecule has 0 aliphatic rings. The van der Waals surface area contributed by atoms with Crippen LogP contribution in [0.15, 0.2) is 29.6 Å². The van der Waals surface area contributed by atoms with Gasteiger partial charge in [-0.05, 0) is 25.0 Å². The highest BCUT2D eigenvalue weighted by atomic mass is 32.1. The lowest BCUT2D eigenvalue weighted by Gasteiger charge is -2.26. The first-order valence-corrected chi connectivity index (χ1v) is 8.54. The van der Waals surface area contributed by atoms with E-state index in [-0.39, 0.29) is 11.6 Å². The van der Waals surface area contributed by atoms with Gasteiger partial charge in [-0.2, -0.15) is 0 Å². The molecular formula is C16H20N4O3S. The molecule has 7 nitrogen and oxygen atoms in total. The van der Waals surface area contributed by atoms with E-state index >= 15 is 0 Å². The second kappa shape index (κ2) is 7.50. The van der Waals surface area contributed by atoms with Crippen LogP contribution in [0.5, 0.6) is 0 Å². The van der Waals surface area contributed by atoms with E-state index in [0.717, 1.165) is 18.4 Å². The molecule has 0 aliphatic carbocycles. The van der Waals surface area contributed by atoms with Crippen molar-refractivity contribution in [3.8, 4) is 10.6 Å². The van der Waals surface area contributed by atoms with Crippen LogP contribution in [0.1, 0.15) is 37.2 Å². The maximum Gasteiger partial charge on any atom is 0.270 e. The molecule has 2 aromatic rings. The van der Waals surface area contributed by atoms with Crippen LogP contribution in [0.2, 0.25) is 0 Å². The summed E-state index contributed by atoms with van der Waals surface area (Å²) in [4.78, 5) is 26.7. The van der Waals surface area contributed by atoms with Crippen molar-refractivity contribution in [3.05, 3.63) is 45.5 Å². The molecule has 8 heteroatoms. The summed E-state index contributed by atoms with van der Waals surface area (Å²) in [5, 5.41) is 15.8. The monoisotopic (exact) mass is 348 g/mol. The fourth-order valence-corrected chi connectivity index (χ4v) is 2.89. The molecule has 0 saturated heterocycles. The van der Waals surface area contributed by atoms with Crippen molar-refractivity contribution in [1.29, 1.82) is 0 Å². The van der Waals surface area contributed by atoms with E-state index in [1.54, 1.807) is 17.5 Å². The Hall–Kier alpha value is -2.32. The zero-order valence-electron chi connectivity index (χ0n) is 13.6. The summed E-state index contributed by atoms with van der Waals surface area (Å²) in [6.07, 6.45) is 1.55. The molecule has 0 bridgehead atoms. The molecule has 0 spiro atoms. The smallest absolute Gasteiger partial charge is 0.270 e.